The fourth-order valence-electron chi connectivity index (χ4n) is 2.92. The number of rotatable bonds is 7. The summed E-state index contributed by atoms with van der Waals surface area (Å²) < 4.78 is 25.7. The zero-order valence-electron chi connectivity index (χ0n) is 16.0. The summed E-state index contributed by atoms with van der Waals surface area (Å²) in [6.07, 6.45) is 3.68. The Hall–Kier alpha value is -3.35. The number of aryl methyl sites for hydroxylation is 1. The summed E-state index contributed by atoms with van der Waals surface area (Å²) in [5.74, 6) is 1.55. The number of fused-ring (bicyclic) bond motifs is 1. The summed E-state index contributed by atoms with van der Waals surface area (Å²) in [4.78, 5) is 16.5. The third-order valence-electron chi connectivity index (χ3n) is 4.44. The van der Waals surface area contributed by atoms with Crippen molar-refractivity contribution >= 4 is 23.0 Å². The van der Waals surface area contributed by atoms with E-state index in [2.05, 4.69) is 10.3 Å². The van der Waals surface area contributed by atoms with Crippen molar-refractivity contribution in [3.63, 3.8) is 0 Å². The Kier molecular flexibility index (Phi) is 5.93. The highest BCUT2D eigenvalue weighted by molar-refractivity contribution is 5.92. The van der Waals surface area contributed by atoms with Crippen LogP contribution in [0.15, 0.2) is 42.5 Å². The quantitative estimate of drug-likeness (QED) is 0.637. The molecule has 3 rings (SSSR count). The molecule has 0 unspecified atom stereocenters. The highest BCUT2D eigenvalue weighted by atomic mass is 19.1. The number of aromatic nitrogens is 2. The molecule has 0 aliphatic heterocycles. The second-order valence-corrected chi connectivity index (χ2v) is 6.20. The molecule has 0 atom stereocenters. The first-order chi connectivity index (χ1) is 13.5. The molecule has 7 heteroatoms. The molecule has 2 aromatic carbocycles. The predicted octanol–water partition coefficient (Wildman–Crippen LogP) is 3.10. The molecule has 28 heavy (non-hydrogen) atoms. The van der Waals surface area contributed by atoms with E-state index in [1.165, 1.54) is 18.2 Å². The summed E-state index contributed by atoms with van der Waals surface area (Å²) in [5.41, 5.74) is 2.24. The van der Waals surface area contributed by atoms with Crippen LogP contribution in [-0.2, 0) is 18.3 Å². The van der Waals surface area contributed by atoms with E-state index < -0.39 is 0 Å². The van der Waals surface area contributed by atoms with Gasteiger partial charge in [-0.3, -0.25) is 4.79 Å². The molecule has 0 bridgehead atoms. The number of carbonyl (C=O) groups is 1. The summed E-state index contributed by atoms with van der Waals surface area (Å²) in [6.45, 7) is 0.419. The van der Waals surface area contributed by atoms with E-state index in [1.807, 2.05) is 17.7 Å². The molecular weight excluding hydrogens is 361 g/mol. The van der Waals surface area contributed by atoms with Crippen LogP contribution in [0.4, 0.5) is 4.39 Å². The number of nitrogens with one attached hydrogen (secondary N) is 1. The Balaban J connectivity index is 1.59. The van der Waals surface area contributed by atoms with Crippen molar-refractivity contribution in [2.75, 3.05) is 20.8 Å². The van der Waals surface area contributed by atoms with Gasteiger partial charge in [-0.1, -0.05) is 0 Å². The number of carbonyl (C=O) groups excluding carboxylic acids is 1. The number of ether oxygens (including phenoxy) is 2. The lowest BCUT2D eigenvalue weighted by Crippen LogP contribution is -2.24. The largest absolute Gasteiger partial charge is 0.497 e. The highest BCUT2D eigenvalue weighted by Gasteiger charge is 2.09. The van der Waals surface area contributed by atoms with E-state index in [9.17, 15) is 9.18 Å². The third-order valence-corrected chi connectivity index (χ3v) is 4.44. The highest BCUT2D eigenvalue weighted by Crippen LogP contribution is 2.25. The minimum atomic E-state index is -0.315. The fraction of sp³-hybridized carbons (Fsp3) is 0.238. The van der Waals surface area contributed by atoms with Crippen molar-refractivity contribution in [1.29, 1.82) is 0 Å². The van der Waals surface area contributed by atoms with Crippen molar-refractivity contribution in [2.45, 2.75) is 6.42 Å². The molecule has 146 valence electrons. The molecule has 1 amide bonds. The van der Waals surface area contributed by atoms with Crippen LogP contribution in [0, 0.1) is 5.82 Å². The van der Waals surface area contributed by atoms with Gasteiger partial charge in [0.05, 0.1) is 25.3 Å². The van der Waals surface area contributed by atoms with Gasteiger partial charge < -0.3 is 19.4 Å². The molecule has 1 aromatic heterocycles. The van der Waals surface area contributed by atoms with Crippen LogP contribution in [-0.4, -0.2) is 36.2 Å². The molecule has 0 saturated carbocycles. The number of nitrogens with zero attached hydrogens (tertiary/aromatic N) is 2. The molecule has 0 saturated heterocycles. The van der Waals surface area contributed by atoms with E-state index >= 15 is 0 Å². The molecule has 0 spiro atoms. The Morgan fingerprint density at radius 2 is 2.04 bits per heavy atom. The lowest BCUT2D eigenvalue weighted by molar-refractivity contribution is -0.116. The van der Waals surface area contributed by atoms with E-state index in [0.29, 0.717) is 30.0 Å². The van der Waals surface area contributed by atoms with Gasteiger partial charge in [0.1, 0.15) is 23.1 Å². The van der Waals surface area contributed by atoms with Crippen molar-refractivity contribution in [1.82, 2.24) is 14.9 Å². The van der Waals surface area contributed by atoms with E-state index in [-0.39, 0.29) is 11.7 Å². The summed E-state index contributed by atoms with van der Waals surface area (Å²) in [7, 11) is 5.02. The van der Waals surface area contributed by atoms with Gasteiger partial charge in [0, 0.05) is 43.8 Å². The van der Waals surface area contributed by atoms with Crippen molar-refractivity contribution in [3.05, 3.63) is 59.7 Å². The number of benzene rings is 2. The molecule has 0 aliphatic rings. The van der Waals surface area contributed by atoms with Gasteiger partial charge >= 0.3 is 0 Å². The minimum Gasteiger partial charge on any atom is -0.497 e. The Morgan fingerprint density at radius 1 is 1.21 bits per heavy atom. The molecule has 0 aliphatic carbocycles. The van der Waals surface area contributed by atoms with Crippen molar-refractivity contribution in [2.24, 2.45) is 7.05 Å². The number of hydrogen-bond donors (Lipinski definition) is 1. The zero-order chi connectivity index (χ0) is 20.1. The first kappa shape index (κ1) is 19.4. The van der Waals surface area contributed by atoms with Gasteiger partial charge in [0.2, 0.25) is 5.91 Å². The third kappa shape index (κ3) is 4.31. The normalized spacial score (nSPS) is 11.1. The SMILES string of the molecule is COc1ccc(/C=C/C(=O)NCCc2nc3cc(F)ccc3n2C)c(OC)c1. The second-order valence-electron chi connectivity index (χ2n) is 6.20. The lowest BCUT2D eigenvalue weighted by atomic mass is 10.1. The van der Waals surface area contributed by atoms with Crippen LogP contribution in [0.5, 0.6) is 11.5 Å². The monoisotopic (exact) mass is 383 g/mol. The number of methoxy groups -OCH3 is 2. The number of halogens is 1. The maximum Gasteiger partial charge on any atom is 0.244 e. The van der Waals surface area contributed by atoms with Gasteiger partial charge in [0.25, 0.3) is 0 Å². The number of amides is 1. The van der Waals surface area contributed by atoms with Gasteiger partial charge in [-0.15, -0.1) is 0 Å². The van der Waals surface area contributed by atoms with Crippen molar-refractivity contribution in [3.8, 4) is 11.5 Å². The summed E-state index contributed by atoms with van der Waals surface area (Å²) >= 11 is 0. The molecule has 0 fully saturated rings. The van der Waals surface area contributed by atoms with E-state index in [0.717, 1.165) is 16.9 Å². The Labute approximate surface area is 162 Å². The first-order valence-electron chi connectivity index (χ1n) is 8.80. The Morgan fingerprint density at radius 3 is 2.79 bits per heavy atom. The molecule has 6 nitrogen and oxygen atoms in total. The first-order valence-corrected chi connectivity index (χ1v) is 8.80. The van der Waals surface area contributed by atoms with Crippen LogP contribution in [0.3, 0.4) is 0 Å². The molecule has 1 heterocycles. The summed E-state index contributed by atoms with van der Waals surface area (Å²) in [5, 5.41) is 2.83. The number of hydrogen-bond acceptors (Lipinski definition) is 4. The smallest absolute Gasteiger partial charge is 0.244 e. The zero-order valence-corrected chi connectivity index (χ0v) is 16.0. The average molecular weight is 383 g/mol. The molecular formula is C21H22FN3O3. The van der Waals surface area contributed by atoms with E-state index in [1.54, 1.807) is 38.5 Å². The average Bonchev–Trinajstić information content (AvgIpc) is 3.01. The fourth-order valence-corrected chi connectivity index (χ4v) is 2.92. The topological polar surface area (TPSA) is 65.4 Å². The summed E-state index contributed by atoms with van der Waals surface area (Å²) in [6, 6.07) is 9.89. The van der Waals surface area contributed by atoms with Gasteiger partial charge in [0.15, 0.2) is 0 Å². The maximum absolute atomic E-state index is 13.3. The Bertz CT molecular complexity index is 1030. The van der Waals surface area contributed by atoms with Gasteiger partial charge in [-0.25, -0.2) is 9.37 Å². The maximum atomic E-state index is 13.3. The minimum absolute atomic E-state index is 0.220. The van der Waals surface area contributed by atoms with Crippen molar-refractivity contribution < 1.29 is 18.7 Å². The van der Waals surface area contributed by atoms with Gasteiger partial charge in [-0.05, 0) is 30.3 Å². The van der Waals surface area contributed by atoms with Crippen LogP contribution in [0.1, 0.15) is 11.4 Å². The number of imidazole rings is 1. The van der Waals surface area contributed by atoms with Crippen LogP contribution in [0.25, 0.3) is 17.1 Å². The molecule has 1 N–H and O–H groups in total. The standard InChI is InChI=1S/C21H22FN3O3/c1-25-18-8-6-15(22)12-17(18)24-20(25)10-11-23-21(26)9-5-14-4-7-16(27-2)13-19(14)28-3/h4-9,12-13H,10-11H2,1-3H3,(H,23,26)/b9-5+. The lowest BCUT2D eigenvalue weighted by Gasteiger charge is -2.07. The molecule has 3 aromatic rings. The van der Waals surface area contributed by atoms with Crippen LogP contribution in [0.2, 0.25) is 0 Å². The second kappa shape index (κ2) is 8.56. The van der Waals surface area contributed by atoms with Crippen LogP contribution < -0.4 is 14.8 Å². The van der Waals surface area contributed by atoms with E-state index in [4.69, 9.17) is 9.47 Å². The molecule has 0 radical (unpaired) electrons. The van der Waals surface area contributed by atoms with Gasteiger partial charge in [-0.2, -0.15) is 0 Å². The predicted molar refractivity (Wildman–Crippen MR) is 106 cm³/mol. The van der Waals surface area contributed by atoms with Crippen LogP contribution >= 0.6 is 0 Å².